The molecule has 0 aromatic carbocycles. The van der Waals surface area contributed by atoms with Crippen molar-refractivity contribution in [2.45, 2.75) is 19.8 Å². The lowest BCUT2D eigenvalue weighted by Crippen LogP contribution is -2.48. The number of aromatic nitrogens is 1. The zero-order valence-corrected chi connectivity index (χ0v) is 10.7. The van der Waals surface area contributed by atoms with Crippen LogP contribution in [0.15, 0.2) is 23.1 Å². The monoisotopic (exact) mass is 249 g/mol. The number of H-pyrrole nitrogens is 1. The normalized spacial score (nSPS) is 15.8. The number of carbonyl (C=O) groups is 1. The van der Waals surface area contributed by atoms with E-state index in [0.29, 0.717) is 6.42 Å². The maximum Gasteiger partial charge on any atom is 0.248 e. The van der Waals surface area contributed by atoms with E-state index in [1.54, 1.807) is 6.20 Å². The number of carbonyl (C=O) groups excluding carboxylic acids is 1. The maximum atomic E-state index is 11.7. The van der Waals surface area contributed by atoms with E-state index in [-0.39, 0.29) is 11.5 Å². The summed E-state index contributed by atoms with van der Waals surface area (Å²) in [6.45, 7) is 5.19. The molecule has 0 radical (unpaired) electrons. The van der Waals surface area contributed by atoms with Crippen molar-refractivity contribution < 1.29 is 4.79 Å². The smallest absolute Gasteiger partial charge is 0.248 e. The predicted octanol–water partition coefficient (Wildman–Crippen LogP) is 0.824. The molecule has 1 saturated heterocycles. The van der Waals surface area contributed by atoms with Gasteiger partial charge in [-0.15, -0.1) is 0 Å². The van der Waals surface area contributed by atoms with Gasteiger partial charge in [0.1, 0.15) is 0 Å². The van der Waals surface area contributed by atoms with E-state index in [2.05, 4.69) is 9.88 Å². The maximum absolute atomic E-state index is 11.7. The van der Waals surface area contributed by atoms with Crippen LogP contribution in [-0.4, -0.2) is 42.0 Å². The molecular weight excluding hydrogens is 230 g/mol. The molecule has 5 nitrogen and oxygen atoms in total. The van der Waals surface area contributed by atoms with Crippen molar-refractivity contribution >= 4 is 11.6 Å². The van der Waals surface area contributed by atoms with Crippen LogP contribution in [0, 0.1) is 0 Å². The molecule has 1 fully saturated rings. The number of pyridine rings is 1. The van der Waals surface area contributed by atoms with E-state index < -0.39 is 0 Å². The number of nitrogens with one attached hydrogen (secondary N) is 1. The molecule has 0 aliphatic carbocycles. The highest BCUT2D eigenvalue weighted by atomic mass is 16.2. The van der Waals surface area contributed by atoms with Gasteiger partial charge in [0.05, 0.1) is 5.69 Å². The minimum Gasteiger partial charge on any atom is -0.367 e. The molecule has 2 heterocycles. The van der Waals surface area contributed by atoms with E-state index in [0.717, 1.165) is 38.3 Å². The van der Waals surface area contributed by atoms with E-state index in [9.17, 15) is 9.59 Å². The molecule has 18 heavy (non-hydrogen) atoms. The van der Waals surface area contributed by atoms with Crippen LogP contribution >= 0.6 is 0 Å². The highest BCUT2D eigenvalue weighted by molar-refractivity contribution is 5.76. The lowest BCUT2D eigenvalue weighted by Gasteiger charge is -2.36. The van der Waals surface area contributed by atoms with Crippen LogP contribution in [0.2, 0.25) is 0 Å². The van der Waals surface area contributed by atoms with Crippen molar-refractivity contribution in [3.8, 4) is 0 Å². The molecule has 5 heteroatoms. The average Bonchev–Trinajstić information content (AvgIpc) is 2.40. The summed E-state index contributed by atoms with van der Waals surface area (Å²) in [6.07, 6.45) is 3.27. The van der Waals surface area contributed by atoms with Gasteiger partial charge in [-0.25, -0.2) is 0 Å². The van der Waals surface area contributed by atoms with Crippen molar-refractivity contribution in [3.05, 3.63) is 28.7 Å². The molecule has 1 N–H and O–H groups in total. The summed E-state index contributed by atoms with van der Waals surface area (Å²) < 4.78 is 0. The third-order valence-corrected chi connectivity index (χ3v) is 3.23. The second-order valence-corrected chi connectivity index (χ2v) is 4.53. The summed E-state index contributed by atoms with van der Waals surface area (Å²) >= 11 is 0. The highest BCUT2D eigenvalue weighted by Crippen LogP contribution is 2.14. The number of amides is 1. The van der Waals surface area contributed by atoms with Gasteiger partial charge >= 0.3 is 0 Å². The van der Waals surface area contributed by atoms with E-state index in [1.165, 1.54) is 6.07 Å². The molecule has 1 aromatic heterocycles. The number of rotatable bonds is 3. The molecule has 2 rings (SSSR count). The van der Waals surface area contributed by atoms with Gasteiger partial charge in [-0.3, -0.25) is 9.59 Å². The fourth-order valence-electron chi connectivity index (χ4n) is 2.19. The zero-order chi connectivity index (χ0) is 13.0. The molecule has 0 saturated carbocycles. The first-order valence-electron chi connectivity index (χ1n) is 6.42. The third kappa shape index (κ3) is 2.91. The fourth-order valence-corrected chi connectivity index (χ4v) is 2.19. The molecule has 0 atom stereocenters. The standard InChI is InChI=1S/C13H19N3O2/c1-2-3-13(18)16-8-6-15(7-9-16)11-4-5-12(17)14-10-11/h4-5,10H,2-3,6-9H2,1H3,(H,14,17). The van der Waals surface area contributed by atoms with Crippen LogP contribution in [0.5, 0.6) is 0 Å². The van der Waals surface area contributed by atoms with Crippen molar-refractivity contribution in [1.29, 1.82) is 0 Å². The summed E-state index contributed by atoms with van der Waals surface area (Å²) in [5.41, 5.74) is 0.924. The number of hydrogen-bond acceptors (Lipinski definition) is 3. The Hall–Kier alpha value is -1.78. The van der Waals surface area contributed by atoms with Crippen LogP contribution in [0.3, 0.4) is 0 Å². The molecule has 1 aromatic rings. The first-order valence-corrected chi connectivity index (χ1v) is 6.42. The highest BCUT2D eigenvalue weighted by Gasteiger charge is 2.20. The zero-order valence-electron chi connectivity index (χ0n) is 10.7. The van der Waals surface area contributed by atoms with E-state index in [1.807, 2.05) is 17.9 Å². The lowest BCUT2D eigenvalue weighted by atomic mass is 10.2. The van der Waals surface area contributed by atoms with Crippen LogP contribution < -0.4 is 10.5 Å². The van der Waals surface area contributed by atoms with Crippen molar-refractivity contribution in [2.75, 3.05) is 31.1 Å². The van der Waals surface area contributed by atoms with Crippen LogP contribution in [0.1, 0.15) is 19.8 Å². The molecule has 1 aliphatic heterocycles. The second-order valence-electron chi connectivity index (χ2n) is 4.53. The SMILES string of the molecule is CCCC(=O)N1CCN(c2ccc(=O)[nH]c2)CC1. The van der Waals surface area contributed by atoms with Gasteiger partial charge in [0.15, 0.2) is 0 Å². The van der Waals surface area contributed by atoms with Gasteiger partial charge in [-0.2, -0.15) is 0 Å². The summed E-state index contributed by atoms with van der Waals surface area (Å²) in [5, 5.41) is 0. The minimum atomic E-state index is -0.0875. The summed E-state index contributed by atoms with van der Waals surface area (Å²) in [7, 11) is 0. The van der Waals surface area contributed by atoms with E-state index in [4.69, 9.17) is 0 Å². The first kappa shape index (κ1) is 12.7. The summed E-state index contributed by atoms with van der Waals surface area (Å²) in [4.78, 5) is 29.5. The molecule has 0 spiro atoms. The van der Waals surface area contributed by atoms with Gasteiger partial charge in [0.2, 0.25) is 11.5 Å². The largest absolute Gasteiger partial charge is 0.367 e. The Morgan fingerprint density at radius 2 is 2.00 bits per heavy atom. The molecule has 1 aliphatic rings. The van der Waals surface area contributed by atoms with Gasteiger partial charge in [0.25, 0.3) is 0 Å². The Kier molecular flexibility index (Phi) is 4.02. The summed E-state index contributed by atoms with van der Waals surface area (Å²) in [5.74, 6) is 0.249. The Labute approximate surface area is 106 Å². The fraction of sp³-hybridized carbons (Fsp3) is 0.538. The number of piperazine rings is 1. The van der Waals surface area contributed by atoms with Crippen LogP contribution in [-0.2, 0) is 4.79 Å². The van der Waals surface area contributed by atoms with Gasteiger partial charge in [-0.1, -0.05) is 6.92 Å². The van der Waals surface area contributed by atoms with Crippen molar-refractivity contribution in [1.82, 2.24) is 9.88 Å². The Bertz CT molecular complexity index is 441. The minimum absolute atomic E-state index is 0.0875. The molecule has 0 bridgehead atoms. The van der Waals surface area contributed by atoms with Gasteiger partial charge in [0, 0.05) is 44.9 Å². The lowest BCUT2D eigenvalue weighted by molar-refractivity contribution is -0.131. The Morgan fingerprint density at radius 3 is 2.56 bits per heavy atom. The number of aromatic amines is 1. The quantitative estimate of drug-likeness (QED) is 0.863. The van der Waals surface area contributed by atoms with E-state index >= 15 is 0 Å². The molecule has 0 unspecified atom stereocenters. The molecule has 98 valence electrons. The predicted molar refractivity (Wildman–Crippen MR) is 70.8 cm³/mol. The summed E-state index contributed by atoms with van der Waals surface area (Å²) in [6, 6.07) is 3.35. The number of nitrogens with zero attached hydrogens (tertiary/aromatic N) is 2. The molecular formula is C13H19N3O2. The Morgan fingerprint density at radius 1 is 1.28 bits per heavy atom. The third-order valence-electron chi connectivity index (χ3n) is 3.23. The topological polar surface area (TPSA) is 56.4 Å². The van der Waals surface area contributed by atoms with Gasteiger partial charge < -0.3 is 14.8 Å². The van der Waals surface area contributed by atoms with Crippen LogP contribution in [0.4, 0.5) is 5.69 Å². The average molecular weight is 249 g/mol. The number of hydrogen-bond donors (Lipinski definition) is 1. The van der Waals surface area contributed by atoms with Gasteiger partial charge in [-0.05, 0) is 12.5 Å². The Balaban J connectivity index is 1.92. The second kappa shape index (κ2) is 5.71. The number of anilines is 1. The van der Waals surface area contributed by atoms with Crippen molar-refractivity contribution in [3.63, 3.8) is 0 Å². The first-order chi connectivity index (χ1) is 8.70. The molecule has 1 amide bonds. The van der Waals surface area contributed by atoms with Crippen LogP contribution in [0.25, 0.3) is 0 Å². The van der Waals surface area contributed by atoms with Crippen molar-refractivity contribution in [2.24, 2.45) is 0 Å².